The number of carbonyl (C=O) groups excluding carboxylic acids is 2. The predicted octanol–water partition coefficient (Wildman–Crippen LogP) is 5.18. The van der Waals surface area contributed by atoms with Gasteiger partial charge in [0.1, 0.15) is 11.5 Å². The molecule has 4 heteroatoms. The lowest BCUT2D eigenvalue weighted by molar-refractivity contribution is -0.132. The number of ether oxygens (including phenoxy) is 2. The molecule has 0 heterocycles. The van der Waals surface area contributed by atoms with Gasteiger partial charge in [0.25, 0.3) is 0 Å². The van der Waals surface area contributed by atoms with E-state index >= 15 is 0 Å². The highest BCUT2D eigenvalue weighted by Crippen LogP contribution is 2.30. The van der Waals surface area contributed by atoms with E-state index in [1.165, 1.54) is 13.8 Å². The number of hydrogen-bond donors (Lipinski definition) is 0. The molecule has 0 unspecified atom stereocenters. The van der Waals surface area contributed by atoms with Gasteiger partial charge in [-0.25, -0.2) is 0 Å². The van der Waals surface area contributed by atoms with Crippen molar-refractivity contribution in [3.8, 4) is 33.8 Å². The molecule has 0 aliphatic rings. The normalized spacial score (nSPS) is 10.3. The number of hydrogen-bond acceptors (Lipinski definition) is 4. The Labute approximate surface area is 158 Å². The maximum atomic E-state index is 11.0. The molecule has 0 fully saturated rings. The monoisotopic (exact) mass is 360 g/mol. The van der Waals surface area contributed by atoms with Crippen LogP contribution in [0.2, 0.25) is 0 Å². The SMILES string of the molecule is CC(=O)Oc1ccc(-c2cc(C)cc(-c3ccc(OC(C)=O)cc3)c2)cc1. The Morgan fingerprint density at radius 1 is 0.593 bits per heavy atom. The summed E-state index contributed by atoms with van der Waals surface area (Å²) in [5, 5.41) is 0. The predicted molar refractivity (Wildman–Crippen MR) is 105 cm³/mol. The van der Waals surface area contributed by atoms with Crippen LogP contribution in [0.3, 0.4) is 0 Å². The van der Waals surface area contributed by atoms with E-state index in [-0.39, 0.29) is 11.9 Å². The second-order valence-corrected chi connectivity index (χ2v) is 6.32. The van der Waals surface area contributed by atoms with Gasteiger partial charge in [0.2, 0.25) is 0 Å². The van der Waals surface area contributed by atoms with Gasteiger partial charge in [-0.3, -0.25) is 9.59 Å². The minimum Gasteiger partial charge on any atom is -0.427 e. The average Bonchev–Trinajstić information content (AvgIpc) is 2.61. The molecule has 0 spiro atoms. The first-order chi connectivity index (χ1) is 12.9. The number of esters is 2. The van der Waals surface area contributed by atoms with Gasteiger partial charge >= 0.3 is 11.9 Å². The molecule has 0 N–H and O–H groups in total. The Bertz CT molecular complexity index is 893. The molecule has 0 saturated heterocycles. The quantitative estimate of drug-likeness (QED) is 0.475. The van der Waals surface area contributed by atoms with E-state index in [4.69, 9.17) is 9.47 Å². The van der Waals surface area contributed by atoms with Crippen molar-refractivity contribution in [1.29, 1.82) is 0 Å². The van der Waals surface area contributed by atoms with Crippen molar-refractivity contribution in [2.45, 2.75) is 20.8 Å². The Kier molecular flexibility index (Phi) is 5.36. The summed E-state index contributed by atoms with van der Waals surface area (Å²) in [5.41, 5.74) is 5.35. The van der Waals surface area contributed by atoms with Crippen LogP contribution >= 0.6 is 0 Å². The van der Waals surface area contributed by atoms with Crippen LogP contribution in [0.1, 0.15) is 19.4 Å². The molecule has 0 aromatic heterocycles. The molecule has 0 bridgehead atoms. The van der Waals surface area contributed by atoms with Crippen LogP contribution in [-0.4, -0.2) is 11.9 Å². The minimum absolute atomic E-state index is 0.335. The van der Waals surface area contributed by atoms with Crippen molar-refractivity contribution in [2.24, 2.45) is 0 Å². The largest absolute Gasteiger partial charge is 0.427 e. The van der Waals surface area contributed by atoms with Gasteiger partial charge in [-0.15, -0.1) is 0 Å². The number of benzene rings is 3. The molecule has 3 aromatic carbocycles. The molecule has 0 aliphatic heterocycles. The summed E-state index contributed by atoms with van der Waals surface area (Å²) in [7, 11) is 0. The Hall–Kier alpha value is -3.40. The van der Waals surface area contributed by atoms with Crippen LogP contribution in [0.5, 0.6) is 11.5 Å². The molecule has 3 rings (SSSR count). The molecule has 4 nitrogen and oxygen atoms in total. The van der Waals surface area contributed by atoms with E-state index in [2.05, 4.69) is 18.2 Å². The lowest BCUT2D eigenvalue weighted by Gasteiger charge is -2.10. The second-order valence-electron chi connectivity index (χ2n) is 6.32. The maximum absolute atomic E-state index is 11.0. The third-order valence-electron chi connectivity index (χ3n) is 3.98. The molecular weight excluding hydrogens is 340 g/mol. The molecular formula is C23H20O4. The second kappa shape index (κ2) is 7.87. The number of carbonyl (C=O) groups is 2. The summed E-state index contributed by atoms with van der Waals surface area (Å²) in [6.07, 6.45) is 0. The average molecular weight is 360 g/mol. The molecule has 0 saturated carbocycles. The van der Waals surface area contributed by atoms with Gasteiger partial charge in [-0.1, -0.05) is 36.4 Å². The number of rotatable bonds is 4. The highest BCUT2D eigenvalue weighted by atomic mass is 16.5. The van der Waals surface area contributed by atoms with Crippen LogP contribution in [0.4, 0.5) is 0 Å². The third-order valence-corrected chi connectivity index (χ3v) is 3.98. The Morgan fingerprint density at radius 3 is 1.30 bits per heavy atom. The molecule has 27 heavy (non-hydrogen) atoms. The van der Waals surface area contributed by atoms with Crippen LogP contribution in [-0.2, 0) is 9.59 Å². The van der Waals surface area contributed by atoms with Gasteiger partial charge in [-0.2, -0.15) is 0 Å². The van der Waals surface area contributed by atoms with Crippen molar-refractivity contribution in [1.82, 2.24) is 0 Å². The lowest BCUT2D eigenvalue weighted by atomic mass is 9.96. The van der Waals surface area contributed by atoms with Crippen LogP contribution in [0.25, 0.3) is 22.3 Å². The van der Waals surface area contributed by atoms with Crippen molar-refractivity contribution >= 4 is 11.9 Å². The summed E-state index contributed by atoms with van der Waals surface area (Å²) in [5.74, 6) is 0.385. The van der Waals surface area contributed by atoms with Crippen molar-refractivity contribution in [3.63, 3.8) is 0 Å². The van der Waals surface area contributed by atoms with E-state index in [9.17, 15) is 9.59 Å². The van der Waals surface area contributed by atoms with Crippen molar-refractivity contribution in [2.75, 3.05) is 0 Å². The van der Waals surface area contributed by atoms with Gasteiger partial charge in [0.15, 0.2) is 0 Å². The summed E-state index contributed by atoms with van der Waals surface area (Å²) < 4.78 is 10.2. The smallest absolute Gasteiger partial charge is 0.308 e. The van der Waals surface area contributed by atoms with Crippen molar-refractivity contribution < 1.29 is 19.1 Å². The minimum atomic E-state index is -0.335. The van der Waals surface area contributed by atoms with Crippen LogP contribution < -0.4 is 9.47 Å². The molecule has 0 atom stereocenters. The van der Waals surface area contributed by atoms with Gasteiger partial charge in [-0.05, 0) is 65.1 Å². The standard InChI is InChI=1S/C23H20O4/c1-15-12-20(18-4-8-22(9-5-18)26-16(2)24)14-21(13-15)19-6-10-23(11-7-19)27-17(3)25/h4-14H,1-3H3. The Morgan fingerprint density at radius 2 is 0.963 bits per heavy atom. The van der Waals surface area contributed by atoms with E-state index in [1.807, 2.05) is 31.2 Å². The zero-order valence-electron chi connectivity index (χ0n) is 15.5. The first kappa shape index (κ1) is 18.4. The molecule has 0 aliphatic carbocycles. The zero-order chi connectivity index (χ0) is 19.4. The van der Waals surface area contributed by atoms with E-state index in [0.29, 0.717) is 11.5 Å². The summed E-state index contributed by atoms with van der Waals surface area (Å²) in [6, 6.07) is 21.2. The fourth-order valence-corrected chi connectivity index (χ4v) is 2.88. The van der Waals surface area contributed by atoms with Crippen molar-refractivity contribution in [3.05, 3.63) is 72.3 Å². The number of aryl methyl sites for hydroxylation is 1. The summed E-state index contributed by atoms with van der Waals surface area (Å²) in [6.45, 7) is 4.81. The molecule has 0 radical (unpaired) electrons. The highest BCUT2D eigenvalue weighted by Gasteiger charge is 2.06. The summed E-state index contributed by atoms with van der Waals surface area (Å²) >= 11 is 0. The zero-order valence-corrected chi connectivity index (χ0v) is 15.5. The lowest BCUT2D eigenvalue weighted by Crippen LogP contribution is -2.00. The first-order valence-electron chi connectivity index (χ1n) is 8.60. The molecule has 3 aromatic rings. The van der Waals surface area contributed by atoms with Crippen LogP contribution in [0, 0.1) is 6.92 Å². The third kappa shape index (κ3) is 4.82. The highest BCUT2D eigenvalue weighted by molar-refractivity contribution is 5.76. The van der Waals surface area contributed by atoms with Gasteiger partial charge < -0.3 is 9.47 Å². The fraction of sp³-hybridized carbons (Fsp3) is 0.130. The van der Waals surface area contributed by atoms with E-state index in [1.54, 1.807) is 24.3 Å². The topological polar surface area (TPSA) is 52.6 Å². The van der Waals surface area contributed by atoms with E-state index in [0.717, 1.165) is 27.8 Å². The van der Waals surface area contributed by atoms with E-state index < -0.39 is 0 Å². The van der Waals surface area contributed by atoms with Gasteiger partial charge in [0.05, 0.1) is 0 Å². The maximum Gasteiger partial charge on any atom is 0.308 e. The van der Waals surface area contributed by atoms with Crippen LogP contribution in [0.15, 0.2) is 66.7 Å². The molecule has 0 amide bonds. The van der Waals surface area contributed by atoms with Gasteiger partial charge in [0, 0.05) is 13.8 Å². The molecule has 136 valence electrons. The first-order valence-corrected chi connectivity index (χ1v) is 8.60. The summed E-state index contributed by atoms with van der Waals surface area (Å²) in [4.78, 5) is 22.1. The Balaban J connectivity index is 1.90. The fourth-order valence-electron chi connectivity index (χ4n) is 2.88.